The first-order chi connectivity index (χ1) is 12.1. The topological polar surface area (TPSA) is 75.6 Å². The lowest BCUT2D eigenvalue weighted by molar-refractivity contribution is -0.144. The molecule has 5 nitrogen and oxygen atoms in total. The monoisotopic (exact) mass is 355 g/mol. The maximum absolute atomic E-state index is 12.3. The van der Waals surface area contributed by atoms with E-state index in [0.717, 1.165) is 11.1 Å². The van der Waals surface area contributed by atoms with Crippen molar-refractivity contribution in [1.29, 1.82) is 0 Å². The van der Waals surface area contributed by atoms with E-state index in [-0.39, 0.29) is 12.5 Å². The molecule has 1 saturated heterocycles. The molecule has 25 heavy (non-hydrogen) atoms. The molecule has 4 rings (SSSR count). The Hall–Kier alpha value is -2.31. The van der Waals surface area contributed by atoms with Crippen LogP contribution >= 0.6 is 11.8 Å². The minimum absolute atomic E-state index is 0.0121. The van der Waals surface area contributed by atoms with Crippen LogP contribution in [-0.4, -0.2) is 40.8 Å². The van der Waals surface area contributed by atoms with Crippen LogP contribution in [-0.2, 0) is 14.3 Å². The summed E-state index contributed by atoms with van der Waals surface area (Å²) in [5.74, 6) is -0.973. The van der Waals surface area contributed by atoms with E-state index in [0.29, 0.717) is 5.75 Å². The fourth-order valence-corrected chi connectivity index (χ4v) is 4.52. The molecule has 2 aromatic carbocycles. The van der Waals surface area contributed by atoms with E-state index in [2.05, 4.69) is 29.6 Å². The second kappa shape index (κ2) is 6.54. The minimum Gasteiger partial charge on any atom is -0.480 e. The number of carboxylic acids is 1. The Balaban J connectivity index is 1.48. The molecule has 0 amide bonds. The van der Waals surface area contributed by atoms with Crippen LogP contribution in [0.25, 0.3) is 11.1 Å². The van der Waals surface area contributed by atoms with E-state index in [1.165, 1.54) is 22.9 Å². The summed E-state index contributed by atoms with van der Waals surface area (Å²) in [4.78, 5) is 23.3. The Morgan fingerprint density at radius 1 is 1.08 bits per heavy atom. The number of ether oxygens (including phenoxy) is 1. The summed E-state index contributed by atoms with van der Waals surface area (Å²) in [6, 6.07) is 15.6. The van der Waals surface area contributed by atoms with Crippen LogP contribution in [0, 0.1) is 0 Å². The summed E-state index contributed by atoms with van der Waals surface area (Å²) in [6.07, 6.45) is 0. The molecule has 1 aliphatic heterocycles. The molecular weight excluding hydrogens is 338 g/mol. The highest BCUT2D eigenvalue weighted by molar-refractivity contribution is 8.00. The first-order valence-electron chi connectivity index (χ1n) is 8.10. The number of esters is 1. The number of carboxylic acid groups (broad SMARTS) is 1. The van der Waals surface area contributed by atoms with Crippen molar-refractivity contribution >= 4 is 23.7 Å². The second-order valence-electron chi connectivity index (χ2n) is 6.13. The first kappa shape index (κ1) is 16.2. The number of rotatable bonds is 4. The number of hydrogen-bond acceptors (Lipinski definition) is 5. The standard InChI is InChI=1S/C19H17NO4S/c21-18(22)16-10-25-17(20-16)19(23)24-9-15-13-7-3-1-5-11(13)12-6-2-4-8-14(12)15/h1-8,15-17,20H,9-10H2,(H,21,22). The van der Waals surface area contributed by atoms with Crippen molar-refractivity contribution in [3.63, 3.8) is 0 Å². The van der Waals surface area contributed by atoms with Crippen LogP contribution in [0.1, 0.15) is 17.0 Å². The molecule has 0 spiro atoms. The summed E-state index contributed by atoms with van der Waals surface area (Å²) in [7, 11) is 0. The van der Waals surface area contributed by atoms with Crippen LogP contribution in [0.3, 0.4) is 0 Å². The van der Waals surface area contributed by atoms with E-state index in [4.69, 9.17) is 9.84 Å². The maximum atomic E-state index is 12.3. The fraction of sp³-hybridized carbons (Fsp3) is 0.263. The Bertz CT molecular complexity index is 792. The lowest BCUT2D eigenvalue weighted by atomic mass is 9.98. The molecule has 1 heterocycles. The van der Waals surface area contributed by atoms with Crippen molar-refractivity contribution in [3.8, 4) is 11.1 Å². The number of thioether (sulfide) groups is 1. The molecule has 0 saturated carbocycles. The van der Waals surface area contributed by atoms with E-state index in [1.807, 2.05) is 24.3 Å². The number of fused-ring (bicyclic) bond motifs is 3. The molecule has 2 atom stereocenters. The van der Waals surface area contributed by atoms with Crippen molar-refractivity contribution < 1.29 is 19.4 Å². The van der Waals surface area contributed by atoms with E-state index in [1.54, 1.807) is 0 Å². The van der Waals surface area contributed by atoms with Crippen LogP contribution in [0.2, 0.25) is 0 Å². The van der Waals surface area contributed by atoms with Gasteiger partial charge in [0.15, 0.2) is 5.37 Å². The van der Waals surface area contributed by atoms with Gasteiger partial charge in [-0.05, 0) is 22.3 Å². The highest BCUT2D eigenvalue weighted by Crippen LogP contribution is 2.44. The van der Waals surface area contributed by atoms with Gasteiger partial charge in [0.2, 0.25) is 0 Å². The van der Waals surface area contributed by atoms with Gasteiger partial charge in [0.1, 0.15) is 12.6 Å². The second-order valence-corrected chi connectivity index (χ2v) is 7.27. The molecule has 1 fully saturated rings. The first-order valence-corrected chi connectivity index (χ1v) is 9.15. The molecule has 0 aromatic heterocycles. The highest BCUT2D eigenvalue weighted by atomic mass is 32.2. The predicted octanol–water partition coefficient (Wildman–Crippen LogP) is 2.46. The van der Waals surface area contributed by atoms with E-state index < -0.39 is 23.4 Å². The van der Waals surface area contributed by atoms with Crippen LogP contribution < -0.4 is 5.32 Å². The molecule has 2 aliphatic rings. The summed E-state index contributed by atoms with van der Waals surface area (Å²) >= 11 is 1.27. The third kappa shape index (κ3) is 2.92. The Morgan fingerprint density at radius 2 is 1.68 bits per heavy atom. The number of carbonyl (C=O) groups excluding carboxylic acids is 1. The third-order valence-corrected chi connectivity index (χ3v) is 5.84. The molecule has 2 unspecified atom stereocenters. The van der Waals surface area contributed by atoms with Crippen molar-refractivity contribution in [2.75, 3.05) is 12.4 Å². The van der Waals surface area contributed by atoms with Gasteiger partial charge in [0.25, 0.3) is 0 Å². The van der Waals surface area contributed by atoms with Crippen molar-refractivity contribution in [3.05, 3.63) is 59.7 Å². The van der Waals surface area contributed by atoms with Crippen molar-refractivity contribution in [1.82, 2.24) is 5.32 Å². The van der Waals surface area contributed by atoms with E-state index in [9.17, 15) is 9.59 Å². The van der Waals surface area contributed by atoms with Gasteiger partial charge in [-0.2, -0.15) is 0 Å². The van der Waals surface area contributed by atoms with Gasteiger partial charge in [-0.1, -0.05) is 48.5 Å². The minimum atomic E-state index is -0.943. The average molecular weight is 355 g/mol. The molecule has 1 aliphatic carbocycles. The lowest BCUT2D eigenvalue weighted by Crippen LogP contribution is -2.40. The van der Waals surface area contributed by atoms with Gasteiger partial charge in [0, 0.05) is 11.7 Å². The third-order valence-electron chi connectivity index (χ3n) is 4.65. The molecule has 0 radical (unpaired) electrons. The molecule has 2 N–H and O–H groups in total. The van der Waals surface area contributed by atoms with Crippen LogP contribution in [0.5, 0.6) is 0 Å². The zero-order valence-corrected chi connectivity index (χ0v) is 14.2. The van der Waals surface area contributed by atoms with Gasteiger partial charge >= 0.3 is 11.9 Å². The van der Waals surface area contributed by atoms with Gasteiger partial charge in [0.05, 0.1) is 0 Å². The van der Waals surface area contributed by atoms with Crippen LogP contribution in [0.15, 0.2) is 48.5 Å². The Labute approximate surface area is 149 Å². The summed E-state index contributed by atoms with van der Waals surface area (Å²) in [5, 5.41) is 11.2. The zero-order valence-electron chi connectivity index (χ0n) is 13.3. The quantitative estimate of drug-likeness (QED) is 0.821. The van der Waals surface area contributed by atoms with Crippen LogP contribution in [0.4, 0.5) is 0 Å². The van der Waals surface area contributed by atoms with Gasteiger partial charge in [-0.3, -0.25) is 10.1 Å². The lowest BCUT2D eigenvalue weighted by Gasteiger charge is -2.16. The number of hydrogen-bond donors (Lipinski definition) is 2. The average Bonchev–Trinajstić information content (AvgIpc) is 3.24. The summed E-state index contributed by atoms with van der Waals surface area (Å²) in [6.45, 7) is 0.253. The van der Waals surface area contributed by atoms with Crippen molar-refractivity contribution in [2.45, 2.75) is 17.3 Å². The molecule has 6 heteroatoms. The van der Waals surface area contributed by atoms with Gasteiger partial charge in [-0.25, -0.2) is 4.79 Å². The smallest absolute Gasteiger partial charge is 0.333 e. The number of nitrogens with one attached hydrogen (secondary N) is 1. The number of aliphatic carboxylic acids is 1. The van der Waals surface area contributed by atoms with Gasteiger partial charge in [-0.15, -0.1) is 11.8 Å². The molecule has 2 aromatic rings. The molecule has 0 bridgehead atoms. The number of benzene rings is 2. The van der Waals surface area contributed by atoms with E-state index >= 15 is 0 Å². The normalized spacial score (nSPS) is 21.6. The largest absolute Gasteiger partial charge is 0.480 e. The molecular formula is C19H17NO4S. The summed E-state index contributed by atoms with van der Waals surface area (Å²) in [5.41, 5.74) is 4.68. The Morgan fingerprint density at radius 3 is 2.24 bits per heavy atom. The number of carbonyl (C=O) groups is 2. The fourth-order valence-electron chi connectivity index (χ4n) is 3.43. The molecule has 128 valence electrons. The van der Waals surface area contributed by atoms with Crippen molar-refractivity contribution in [2.24, 2.45) is 0 Å². The maximum Gasteiger partial charge on any atom is 0.333 e. The highest BCUT2D eigenvalue weighted by Gasteiger charge is 2.36. The summed E-state index contributed by atoms with van der Waals surface area (Å²) < 4.78 is 5.54. The SMILES string of the molecule is O=C(O)C1CSC(C(=O)OCC2c3ccccc3-c3ccccc32)N1. The Kier molecular flexibility index (Phi) is 4.23. The van der Waals surface area contributed by atoms with Gasteiger partial charge < -0.3 is 9.84 Å². The predicted molar refractivity (Wildman–Crippen MR) is 95.5 cm³/mol. The zero-order chi connectivity index (χ0) is 17.4.